The summed E-state index contributed by atoms with van der Waals surface area (Å²) in [5.41, 5.74) is 3.35. The Morgan fingerprint density at radius 2 is 1.67 bits per heavy atom. The van der Waals surface area contributed by atoms with Crippen LogP contribution in [0, 0.1) is 25.6 Å². The Balaban J connectivity index is 1.70. The van der Waals surface area contributed by atoms with E-state index >= 15 is 0 Å². The molecule has 0 aliphatic carbocycles. The number of nitrogens with zero attached hydrogens (tertiary/aromatic N) is 1. The number of fused-ring (bicyclic) bond motifs is 2. The summed E-state index contributed by atoms with van der Waals surface area (Å²) in [5, 5.41) is 0.411. The van der Waals surface area contributed by atoms with Crippen molar-refractivity contribution in [3.05, 3.63) is 98.7 Å². The van der Waals surface area contributed by atoms with E-state index in [1.54, 1.807) is 12.1 Å². The normalized spacial score (nSPS) is 14.8. The Morgan fingerprint density at radius 1 is 0.949 bits per heavy atom. The van der Waals surface area contributed by atoms with Crippen LogP contribution in [0.5, 0.6) is 11.5 Å². The largest absolute Gasteiger partial charge is 0.490 e. The number of halogens is 1. The highest BCUT2D eigenvalue weighted by atomic mass is 19.1. The first-order chi connectivity index (χ1) is 18.7. The number of ether oxygens (including phenoxy) is 2. The molecule has 0 bridgehead atoms. The number of hydrogen-bond acceptors (Lipinski definition) is 5. The first kappa shape index (κ1) is 26.5. The second-order valence-corrected chi connectivity index (χ2v) is 10.3. The fourth-order valence-corrected chi connectivity index (χ4v) is 4.90. The maximum atomic E-state index is 14.0. The summed E-state index contributed by atoms with van der Waals surface area (Å²) in [7, 11) is 0. The second kappa shape index (κ2) is 10.6. The van der Waals surface area contributed by atoms with Gasteiger partial charge < -0.3 is 13.9 Å². The first-order valence-corrected chi connectivity index (χ1v) is 13.3. The van der Waals surface area contributed by atoms with Gasteiger partial charge >= 0.3 is 0 Å². The van der Waals surface area contributed by atoms with Crippen LogP contribution in [0.15, 0.2) is 63.8 Å². The maximum absolute atomic E-state index is 14.0. The monoisotopic (exact) mass is 529 g/mol. The second-order valence-electron chi connectivity index (χ2n) is 10.3. The van der Waals surface area contributed by atoms with Crippen molar-refractivity contribution in [2.24, 2.45) is 5.92 Å². The van der Waals surface area contributed by atoms with Gasteiger partial charge in [-0.05, 0) is 98.3 Å². The molecule has 1 unspecified atom stereocenters. The van der Waals surface area contributed by atoms with Crippen molar-refractivity contribution in [1.29, 1.82) is 0 Å². The molecule has 1 amide bonds. The zero-order chi connectivity index (χ0) is 27.8. The van der Waals surface area contributed by atoms with Gasteiger partial charge in [-0.1, -0.05) is 19.9 Å². The topological polar surface area (TPSA) is 69.0 Å². The molecule has 39 heavy (non-hydrogen) atoms. The van der Waals surface area contributed by atoms with Gasteiger partial charge in [0.2, 0.25) is 5.76 Å². The van der Waals surface area contributed by atoms with Gasteiger partial charge in [-0.25, -0.2) is 4.39 Å². The summed E-state index contributed by atoms with van der Waals surface area (Å²) < 4.78 is 31.9. The van der Waals surface area contributed by atoms with Gasteiger partial charge in [0.1, 0.15) is 11.4 Å². The zero-order valence-corrected chi connectivity index (χ0v) is 22.8. The van der Waals surface area contributed by atoms with Gasteiger partial charge in [-0.2, -0.15) is 0 Å². The average Bonchev–Trinajstić information content (AvgIpc) is 3.19. The summed E-state index contributed by atoms with van der Waals surface area (Å²) in [6, 6.07) is 13.9. The SMILES string of the molecule is CCOc1cc(C2c3c(oc4cc(C)c(C)cc4c3=O)C(=O)N2c2ccc(F)cc2)ccc1OCCC(C)C. The standard InChI is InChI=1S/C32H32FNO5/c1-6-37-27-17-21(7-12-25(27)38-14-13-18(2)3)29-28-30(35)24-15-19(4)20(5)16-26(24)39-31(28)32(36)34(29)23-10-8-22(33)9-11-23/h7-12,15-18,29H,6,13-14H2,1-5H3. The van der Waals surface area contributed by atoms with Crippen molar-refractivity contribution in [2.45, 2.75) is 47.1 Å². The summed E-state index contributed by atoms with van der Waals surface area (Å²) in [6.07, 6.45) is 0.892. The molecule has 3 aromatic carbocycles. The third-order valence-corrected chi connectivity index (χ3v) is 7.13. The Morgan fingerprint density at radius 3 is 2.36 bits per heavy atom. The van der Waals surface area contributed by atoms with Gasteiger partial charge in [0.15, 0.2) is 16.9 Å². The van der Waals surface area contributed by atoms with E-state index in [-0.39, 0.29) is 16.8 Å². The fraction of sp³-hybridized carbons (Fsp3) is 0.312. The highest BCUT2D eigenvalue weighted by Crippen LogP contribution is 2.43. The third-order valence-electron chi connectivity index (χ3n) is 7.13. The van der Waals surface area contributed by atoms with Crippen molar-refractivity contribution < 1.29 is 23.1 Å². The Hall–Kier alpha value is -4.13. The van der Waals surface area contributed by atoms with Gasteiger partial charge in [0.05, 0.1) is 30.2 Å². The molecule has 0 radical (unpaired) electrons. The number of benzene rings is 3. The zero-order valence-electron chi connectivity index (χ0n) is 22.8. The van der Waals surface area contributed by atoms with E-state index < -0.39 is 17.8 Å². The minimum Gasteiger partial charge on any atom is -0.490 e. The van der Waals surface area contributed by atoms with Gasteiger partial charge in [0.25, 0.3) is 5.91 Å². The number of carbonyl (C=O) groups excluding carboxylic acids is 1. The number of amides is 1. The summed E-state index contributed by atoms with van der Waals surface area (Å²) in [6.45, 7) is 11.0. The van der Waals surface area contributed by atoms with Crippen LogP contribution in [0.3, 0.4) is 0 Å². The molecule has 5 rings (SSSR count). The molecule has 1 aliphatic rings. The number of rotatable bonds is 8. The molecule has 0 N–H and O–H groups in total. The Labute approximate surface area is 227 Å². The van der Waals surface area contributed by atoms with Gasteiger partial charge in [-0.3, -0.25) is 14.5 Å². The molecule has 1 atom stereocenters. The van der Waals surface area contributed by atoms with Crippen LogP contribution in [-0.2, 0) is 0 Å². The highest BCUT2D eigenvalue weighted by Gasteiger charge is 2.44. The maximum Gasteiger partial charge on any atom is 0.295 e. The molecule has 1 aliphatic heterocycles. The summed E-state index contributed by atoms with van der Waals surface area (Å²) in [5.74, 6) is 0.707. The van der Waals surface area contributed by atoms with Crippen molar-refractivity contribution in [1.82, 2.24) is 0 Å². The van der Waals surface area contributed by atoms with E-state index in [9.17, 15) is 14.0 Å². The molecule has 6 nitrogen and oxygen atoms in total. The Kier molecular flexibility index (Phi) is 7.17. The summed E-state index contributed by atoms with van der Waals surface area (Å²) in [4.78, 5) is 29.3. The average molecular weight is 530 g/mol. The fourth-order valence-electron chi connectivity index (χ4n) is 4.90. The molecular weight excluding hydrogens is 497 g/mol. The molecule has 0 saturated carbocycles. The lowest BCUT2D eigenvalue weighted by Gasteiger charge is -2.26. The van der Waals surface area contributed by atoms with Crippen LogP contribution in [0.1, 0.15) is 66.0 Å². The Bertz CT molecular complexity index is 1610. The van der Waals surface area contributed by atoms with E-state index in [0.29, 0.717) is 52.9 Å². The van der Waals surface area contributed by atoms with Crippen molar-refractivity contribution in [2.75, 3.05) is 18.1 Å². The van der Waals surface area contributed by atoms with E-state index in [1.165, 1.54) is 29.2 Å². The van der Waals surface area contributed by atoms with Gasteiger partial charge in [0, 0.05) is 5.69 Å². The van der Waals surface area contributed by atoms with Crippen molar-refractivity contribution >= 4 is 22.6 Å². The smallest absolute Gasteiger partial charge is 0.295 e. The molecule has 2 heterocycles. The quantitative estimate of drug-likeness (QED) is 0.243. The minimum absolute atomic E-state index is 0.0136. The molecule has 4 aromatic rings. The predicted octanol–water partition coefficient (Wildman–Crippen LogP) is 7.12. The molecule has 0 spiro atoms. The van der Waals surface area contributed by atoms with E-state index in [4.69, 9.17) is 13.9 Å². The van der Waals surface area contributed by atoms with E-state index in [1.807, 2.05) is 39.0 Å². The molecule has 202 valence electrons. The van der Waals surface area contributed by atoms with Crippen LogP contribution in [0.2, 0.25) is 0 Å². The molecular formula is C32H32FNO5. The van der Waals surface area contributed by atoms with Crippen LogP contribution in [-0.4, -0.2) is 19.1 Å². The predicted molar refractivity (Wildman–Crippen MR) is 150 cm³/mol. The van der Waals surface area contributed by atoms with Crippen LogP contribution in [0.25, 0.3) is 11.0 Å². The lowest BCUT2D eigenvalue weighted by Crippen LogP contribution is -2.29. The number of hydrogen-bond donors (Lipinski definition) is 0. The van der Waals surface area contributed by atoms with Crippen LogP contribution < -0.4 is 19.8 Å². The molecule has 1 aromatic heterocycles. The summed E-state index contributed by atoms with van der Waals surface area (Å²) >= 11 is 0. The molecule has 0 fully saturated rings. The van der Waals surface area contributed by atoms with Crippen molar-refractivity contribution in [3.63, 3.8) is 0 Å². The lowest BCUT2D eigenvalue weighted by atomic mass is 9.97. The third kappa shape index (κ3) is 4.89. The lowest BCUT2D eigenvalue weighted by molar-refractivity contribution is 0.0971. The van der Waals surface area contributed by atoms with Crippen LogP contribution in [0.4, 0.5) is 10.1 Å². The number of anilines is 1. The number of aryl methyl sites for hydroxylation is 2. The van der Waals surface area contributed by atoms with Crippen molar-refractivity contribution in [3.8, 4) is 11.5 Å². The first-order valence-electron chi connectivity index (χ1n) is 13.3. The van der Waals surface area contributed by atoms with Crippen LogP contribution >= 0.6 is 0 Å². The minimum atomic E-state index is -0.802. The number of carbonyl (C=O) groups is 1. The molecule has 7 heteroatoms. The van der Waals surface area contributed by atoms with E-state index in [2.05, 4.69) is 13.8 Å². The van der Waals surface area contributed by atoms with E-state index in [0.717, 1.165) is 17.5 Å². The molecule has 0 saturated heterocycles. The highest BCUT2D eigenvalue weighted by molar-refractivity contribution is 6.10. The van der Waals surface area contributed by atoms with Gasteiger partial charge in [-0.15, -0.1) is 0 Å².